The molecule has 6 heteroatoms. The lowest BCUT2D eigenvalue weighted by Gasteiger charge is -2.12. The van der Waals surface area contributed by atoms with Crippen LogP contribution in [0.4, 0.5) is 4.79 Å². The number of carbonyl (C=O) groups is 2. The standard InChI is InChI=1S/C13H19N3O2S/c1-8(12(17)16-13(18)14-2)15-7-10-6-9-4-3-5-11(9)19-10/h6,8,15H,3-5,7H2,1-2H3,(H2,14,16,17,18). The van der Waals surface area contributed by atoms with Gasteiger partial charge in [-0.3, -0.25) is 10.1 Å². The van der Waals surface area contributed by atoms with Gasteiger partial charge < -0.3 is 10.6 Å². The molecule has 19 heavy (non-hydrogen) atoms. The Morgan fingerprint density at radius 2 is 2.21 bits per heavy atom. The maximum Gasteiger partial charge on any atom is 0.321 e. The molecule has 0 aromatic carbocycles. The first-order valence-corrected chi connectivity index (χ1v) is 7.28. The second-order valence-corrected chi connectivity index (χ2v) is 5.91. The Morgan fingerprint density at radius 1 is 1.42 bits per heavy atom. The Labute approximate surface area is 116 Å². The molecule has 1 aromatic rings. The second kappa shape index (κ2) is 6.16. The van der Waals surface area contributed by atoms with E-state index in [1.807, 2.05) is 11.3 Å². The Bertz CT molecular complexity index is 463. The van der Waals surface area contributed by atoms with E-state index in [1.165, 1.54) is 41.6 Å². The Morgan fingerprint density at radius 3 is 2.89 bits per heavy atom. The Kier molecular flexibility index (Phi) is 4.55. The van der Waals surface area contributed by atoms with E-state index in [1.54, 1.807) is 6.92 Å². The average molecular weight is 281 g/mol. The summed E-state index contributed by atoms with van der Waals surface area (Å²) in [6.45, 7) is 2.42. The fourth-order valence-corrected chi connectivity index (χ4v) is 3.32. The Hall–Kier alpha value is -1.40. The molecule has 1 atom stereocenters. The highest BCUT2D eigenvalue weighted by Gasteiger charge is 2.17. The van der Waals surface area contributed by atoms with Crippen LogP contribution in [-0.2, 0) is 24.2 Å². The summed E-state index contributed by atoms with van der Waals surface area (Å²) >= 11 is 1.82. The van der Waals surface area contributed by atoms with Gasteiger partial charge in [0.25, 0.3) is 0 Å². The first kappa shape index (κ1) is 14.0. The molecule has 0 spiro atoms. The minimum atomic E-state index is -0.478. The smallest absolute Gasteiger partial charge is 0.321 e. The summed E-state index contributed by atoms with van der Waals surface area (Å²) < 4.78 is 0. The van der Waals surface area contributed by atoms with E-state index in [0.29, 0.717) is 6.54 Å². The van der Waals surface area contributed by atoms with Crippen molar-refractivity contribution >= 4 is 23.3 Å². The predicted molar refractivity (Wildman–Crippen MR) is 75.2 cm³/mol. The van der Waals surface area contributed by atoms with E-state index in [0.717, 1.165) is 0 Å². The van der Waals surface area contributed by atoms with Crippen LogP contribution in [-0.4, -0.2) is 25.0 Å². The third-order valence-corrected chi connectivity index (χ3v) is 4.47. The number of urea groups is 1. The highest BCUT2D eigenvalue weighted by atomic mass is 32.1. The largest absolute Gasteiger partial charge is 0.341 e. The van der Waals surface area contributed by atoms with Gasteiger partial charge in [0.1, 0.15) is 0 Å². The average Bonchev–Trinajstić information content (AvgIpc) is 2.96. The van der Waals surface area contributed by atoms with Crippen LogP contribution in [0.1, 0.15) is 28.7 Å². The molecule has 0 fully saturated rings. The zero-order valence-electron chi connectivity index (χ0n) is 11.2. The van der Waals surface area contributed by atoms with Crippen molar-refractivity contribution in [2.24, 2.45) is 0 Å². The van der Waals surface area contributed by atoms with Crippen LogP contribution in [0.5, 0.6) is 0 Å². The highest BCUT2D eigenvalue weighted by molar-refractivity contribution is 7.12. The fourth-order valence-electron chi connectivity index (χ4n) is 2.11. The van der Waals surface area contributed by atoms with Gasteiger partial charge >= 0.3 is 6.03 Å². The quantitative estimate of drug-likeness (QED) is 0.776. The molecule has 3 N–H and O–H groups in total. The summed E-state index contributed by atoms with van der Waals surface area (Å²) in [4.78, 5) is 25.4. The molecule has 0 saturated heterocycles. The molecule has 5 nitrogen and oxygen atoms in total. The van der Waals surface area contributed by atoms with Gasteiger partial charge in [-0.25, -0.2) is 4.79 Å². The van der Waals surface area contributed by atoms with E-state index in [9.17, 15) is 9.59 Å². The van der Waals surface area contributed by atoms with Crippen molar-refractivity contribution in [3.05, 3.63) is 21.4 Å². The third-order valence-electron chi connectivity index (χ3n) is 3.24. The van der Waals surface area contributed by atoms with Crippen LogP contribution in [0.3, 0.4) is 0 Å². The number of imide groups is 1. The van der Waals surface area contributed by atoms with Crippen molar-refractivity contribution in [2.75, 3.05) is 7.05 Å². The molecule has 0 radical (unpaired) electrons. The number of nitrogens with one attached hydrogen (secondary N) is 3. The molecule has 1 aliphatic carbocycles. The summed E-state index contributed by atoms with van der Waals surface area (Å²) in [5.74, 6) is -0.316. The van der Waals surface area contributed by atoms with E-state index in [-0.39, 0.29) is 5.91 Å². The van der Waals surface area contributed by atoms with Crippen LogP contribution in [0.15, 0.2) is 6.07 Å². The maximum absolute atomic E-state index is 11.6. The van der Waals surface area contributed by atoms with E-state index in [2.05, 4.69) is 22.0 Å². The molecule has 104 valence electrons. The van der Waals surface area contributed by atoms with Gasteiger partial charge in [0, 0.05) is 23.3 Å². The molecule has 1 heterocycles. The summed E-state index contributed by atoms with van der Waals surface area (Å²) in [6, 6.07) is 1.35. The molecule has 3 amide bonds. The molecule has 0 aliphatic heterocycles. The lowest BCUT2D eigenvalue weighted by atomic mass is 10.2. The second-order valence-electron chi connectivity index (χ2n) is 4.69. The highest BCUT2D eigenvalue weighted by Crippen LogP contribution is 2.30. The van der Waals surface area contributed by atoms with Crippen LogP contribution >= 0.6 is 11.3 Å². The number of amides is 3. The number of aryl methyl sites for hydroxylation is 2. The monoisotopic (exact) mass is 281 g/mol. The molecule has 0 saturated carbocycles. The number of hydrogen-bond acceptors (Lipinski definition) is 4. The van der Waals surface area contributed by atoms with Gasteiger partial charge in [0.2, 0.25) is 5.91 Å². The molecular weight excluding hydrogens is 262 g/mol. The zero-order valence-corrected chi connectivity index (χ0v) is 12.0. The van der Waals surface area contributed by atoms with Crippen molar-refractivity contribution in [2.45, 2.75) is 38.8 Å². The predicted octanol–water partition coefficient (Wildman–Crippen LogP) is 1.17. The molecular formula is C13H19N3O2S. The summed E-state index contributed by atoms with van der Waals surface area (Å²) in [5.41, 5.74) is 1.46. The van der Waals surface area contributed by atoms with Crippen LogP contribution < -0.4 is 16.0 Å². The lowest BCUT2D eigenvalue weighted by molar-refractivity contribution is -0.121. The maximum atomic E-state index is 11.6. The van der Waals surface area contributed by atoms with Crippen molar-refractivity contribution < 1.29 is 9.59 Å². The van der Waals surface area contributed by atoms with Gasteiger partial charge in [-0.15, -0.1) is 11.3 Å². The Balaban J connectivity index is 1.81. The summed E-state index contributed by atoms with van der Waals surface area (Å²) in [5, 5.41) is 7.75. The van der Waals surface area contributed by atoms with E-state index >= 15 is 0 Å². The molecule has 2 rings (SSSR count). The molecule has 1 unspecified atom stereocenters. The van der Waals surface area contributed by atoms with Gasteiger partial charge in [-0.1, -0.05) is 0 Å². The molecule has 1 aliphatic rings. The van der Waals surface area contributed by atoms with Crippen molar-refractivity contribution in [3.8, 4) is 0 Å². The van der Waals surface area contributed by atoms with Crippen LogP contribution in [0.2, 0.25) is 0 Å². The minimum Gasteiger partial charge on any atom is -0.341 e. The van der Waals surface area contributed by atoms with Gasteiger partial charge in [-0.2, -0.15) is 0 Å². The number of carbonyl (C=O) groups excluding carboxylic acids is 2. The number of rotatable bonds is 4. The van der Waals surface area contributed by atoms with Crippen molar-refractivity contribution in [1.29, 1.82) is 0 Å². The van der Waals surface area contributed by atoms with Gasteiger partial charge in [-0.05, 0) is 37.8 Å². The number of fused-ring (bicyclic) bond motifs is 1. The lowest BCUT2D eigenvalue weighted by Crippen LogP contribution is -2.47. The number of hydrogen-bond donors (Lipinski definition) is 3. The number of thiophene rings is 1. The van der Waals surface area contributed by atoms with Crippen molar-refractivity contribution in [1.82, 2.24) is 16.0 Å². The van der Waals surface area contributed by atoms with E-state index in [4.69, 9.17) is 0 Å². The van der Waals surface area contributed by atoms with Crippen LogP contribution in [0, 0.1) is 0 Å². The van der Waals surface area contributed by atoms with Crippen molar-refractivity contribution in [3.63, 3.8) is 0 Å². The zero-order chi connectivity index (χ0) is 13.8. The topological polar surface area (TPSA) is 70.2 Å². The summed E-state index contributed by atoms with van der Waals surface area (Å²) in [7, 11) is 1.48. The SMILES string of the molecule is CNC(=O)NC(=O)C(C)NCc1cc2c(s1)CCC2. The normalized spacial score (nSPS) is 14.8. The first-order chi connectivity index (χ1) is 9.10. The minimum absolute atomic E-state index is 0.316. The fraction of sp³-hybridized carbons (Fsp3) is 0.538. The molecule has 1 aromatic heterocycles. The van der Waals surface area contributed by atoms with Crippen LogP contribution in [0.25, 0.3) is 0 Å². The summed E-state index contributed by atoms with van der Waals surface area (Å²) in [6.07, 6.45) is 3.63. The van der Waals surface area contributed by atoms with Gasteiger partial charge in [0.05, 0.1) is 6.04 Å². The van der Waals surface area contributed by atoms with E-state index < -0.39 is 12.1 Å². The first-order valence-electron chi connectivity index (χ1n) is 6.46. The molecule has 0 bridgehead atoms. The third kappa shape index (κ3) is 3.54. The van der Waals surface area contributed by atoms with Gasteiger partial charge in [0.15, 0.2) is 0 Å².